The summed E-state index contributed by atoms with van der Waals surface area (Å²) in [5.74, 6) is 0. The predicted octanol–water partition coefficient (Wildman–Crippen LogP) is -2.19. The number of hydrogen-bond acceptors (Lipinski definition) is 5. The largest absolute Gasteiger partial charge is 0.395 e. The van der Waals surface area contributed by atoms with Gasteiger partial charge in [0, 0.05) is 6.04 Å². The van der Waals surface area contributed by atoms with Gasteiger partial charge in [-0.2, -0.15) is 0 Å². The van der Waals surface area contributed by atoms with Crippen LogP contribution in [0.15, 0.2) is 0 Å². The van der Waals surface area contributed by atoms with Crippen molar-refractivity contribution in [3.8, 4) is 0 Å². The van der Waals surface area contributed by atoms with Gasteiger partial charge >= 0.3 is 0 Å². The summed E-state index contributed by atoms with van der Waals surface area (Å²) < 4.78 is 0. The Morgan fingerprint density at radius 2 is 1.54 bits per heavy atom. The molecule has 0 aromatic heterocycles. The van der Waals surface area contributed by atoms with E-state index in [1.165, 1.54) is 0 Å². The number of hydrogen-bond donors (Lipinski definition) is 5. The van der Waals surface area contributed by atoms with Gasteiger partial charge in [0.15, 0.2) is 0 Å². The number of nitrogens with one attached hydrogen (secondary N) is 1. The summed E-state index contributed by atoms with van der Waals surface area (Å²) in [6.07, 6.45) is -2.62. The summed E-state index contributed by atoms with van der Waals surface area (Å²) in [4.78, 5) is 0. The van der Waals surface area contributed by atoms with Gasteiger partial charge in [-0.25, -0.2) is 0 Å². The lowest BCUT2D eigenvalue weighted by Gasteiger charge is -2.40. The first-order valence-electron chi connectivity index (χ1n) is 4.53. The van der Waals surface area contributed by atoms with E-state index < -0.39 is 24.4 Å². The Labute approximate surface area is 77.0 Å². The van der Waals surface area contributed by atoms with E-state index in [1.807, 2.05) is 6.92 Å². The molecule has 5 nitrogen and oxygen atoms in total. The molecule has 5 heteroatoms. The van der Waals surface area contributed by atoms with Crippen LogP contribution in [0.1, 0.15) is 13.3 Å². The first kappa shape index (κ1) is 10.9. The van der Waals surface area contributed by atoms with Crippen molar-refractivity contribution in [2.75, 3.05) is 6.61 Å². The molecule has 0 radical (unpaired) electrons. The molecule has 1 heterocycles. The normalized spacial score (nSPS) is 46.4. The zero-order chi connectivity index (χ0) is 10.0. The van der Waals surface area contributed by atoms with Crippen molar-refractivity contribution in [1.29, 1.82) is 0 Å². The van der Waals surface area contributed by atoms with Crippen LogP contribution in [0.2, 0.25) is 0 Å². The molecule has 0 unspecified atom stereocenters. The Kier molecular flexibility index (Phi) is 3.63. The van der Waals surface area contributed by atoms with E-state index in [1.54, 1.807) is 0 Å². The summed E-state index contributed by atoms with van der Waals surface area (Å²) in [6, 6.07) is -0.820. The molecular formula is C8H17NO4. The first-order chi connectivity index (χ1) is 6.11. The molecule has 0 bridgehead atoms. The van der Waals surface area contributed by atoms with E-state index in [2.05, 4.69) is 5.32 Å². The molecule has 78 valence electrons. The summed E-state index contributed by atoms with van der Waals surface area (Å²) in [7, 11) is 0. The van der Waals surface area contributed by atoms with Gasteiger partial charge in [-0.05, 0) is 6.42 Å². The third-order valence-electron chi connectivity index (χ3n) is 2.59. The first-order valence-corrected chi connectivity index (χ1v) is 4.53. The van der Waals surface area contributed by atoms with Crippen molar-refractivity contribution in [2.45, 2.75) is 43.7 Å². The second-order valence-corrected chi connectivity index (χ2v) is 3.44. The van der Waals surface area contributed by atoms with Crippen LogP contribution >= 0.6 is 0 Å². The van der Waals surface area contributed by atoms with Crippen molar-refractivity contribution in [2.24, 2.45) is 0 Å². The van der Waals surface area contributed by atoms with Crippen molar-refractivity contribution < 1.29 is 20.4 Å². The topological polar surface area (TPSA) is 93.0 Å². The lowest BCUT2D eigenvalue weighted by Crippen LogP contribution is -2.65. The number of piperidine rings is 1. The monoisotopic (exact) mass is 191 g/mol. The van der Waals surface area contributed by atoms with Crippen LogP contribution in [0.5, 0.6) is 0 Å². The summed E-state index contributed by atoms with van der Waals surface area (Å²) in [5.41, 5.74) is 0. The SMILES string of the molecule is CC[C@@H]1N[C@@H](CO)[C@H](O)[C@@H](O)[C@@H]1O. The van der Waals surface area contributed by atoms with Gasteiger partial charge in [-0.3, -0.25) is 0 Å². The van der Waals surface area contributed by atoms with Gasteiger partial charge < -0.3 is 25.7 Å². The molecule has 0 saturated carbocycles. The summed E-state index contributed by atoms with van der Waals surface area (Å²) in [5, 5.41) is 40.0. The van der Waals surface area contributed by atoms with Crippen molar-refractivity contribution >= 4 is 0 Å². The second kappa shape index (κ2) is 4.34. The van der Waals surface area contributed by atoms with Crippen molar-refractivity contribution in [3.63, 3.8) is 0 Å². The van der Waals surface area contributed by atoms with Gasteiger partial charge in [0.05, 0.1) is 24.9 Å². The number of aliphatic hydroxyl groups is 4. The van der Waals surface area contributed by atoms with Gasteiger partial charge in [0.2, 0.25) is 0 Å². The van der Waals surface area contributed by atoms with Gasteiger partial charge in [-0.1, -0.05) is 6.92 Å². The zero-order valence-corrected chi connectivity index (χ0v) is 7.59. The summed E-state index contributed by atoms with van der Waals surface area (Å²) in [6.45, 7) is 1.61. The van der Waals surface area contributed by atoms with E-state index in [0.29, 0.717) is 6.42 Å². The van der Waals surface area contributed by atoms with Gasteiger partial charge in [-0.15, -0.1) is 0 Å². The molecule has 5 atom stereocenters. The van der Waals surface area contributed by atoms with Crippen LogP contribution in [0.4, 0.5) is 0 Å². The molecular weight excluding hydrogens is 174 g/mol. The standard InChI is InChI=1S/C8H17NO4/c1-2-4-6(11)8(13)7(12)5(3-10)9-4/h4-13H,2-3H2,1H3/t4-,5-,6+,7-,8-/m0/s1. The lowest BCUT2D eigenvalue weighted by molar-refractivity contribution is -0.119. The van der Waals surface area contributed by atoms with Crippen LogP contribution in [0.25, 0.3) is 0 Å². The Balaban J connectivity index is 2.66. The van der Waals surface area contributed by atoms with E-state index >= 15 is 0 Å². The third kappa shape index (κ3) is 2.00. The molecule has 0 aromatic carbocycles. The third-order valence-corrected chi connectivity index (χ3v) is 2.59. The van der Waals surface area contributed by atoms with Crippen LogP contribution in [0.3, 0.4) is 0 Å². The molecule has 0 amide bonds. The molecule has 1 aliphatic heterocycles. The fraction of sp³-hybridized carbons (Fsp3) is 1.00. The maximum atomic E-state index is 9.47. The highest BCUT2D eigenvalue weighted by molar-refractivity contribution is 4.97. The van der Waals surface area contributed by atoms with E-state index in [4.69, 9.17) is 5.11 Å². The minimum atomic E-state index is -1.18. The maximum Gasteiger partial charge on any atom is 0.109 e. The average Bonchev–Trinajstić information content (AvgIpc) is 2.15. The molecule has 13 heavy (non-hydrogen) atoms. The molecule has 1 saturated heterocycles. The fourth-order valence-electron chi connectivity index (χ4n) is 1.67. The highest BCUT2D eigenvalue weighted by Crippen LogP contribution is 2.16. The molecule has 0 aliphatic carbocycles. The van der Waals surface area contributed by atoms with Crippen LogP contribution in [-0.2, 0) is 0 Å². The molecule has 1 fully saturated rings. The number of aliphatic hydroxyl groups excluding tert-OH is 4. The van der Waals surface area contributed by atoms with Gasteiger partial charge in [0.1, 0.15) is 6.10 Å². The molecule has 1 aliphatic rings. The number of rotatable bonds is 2. The minimum Gasteiger partial charge on any atom is -0.395 e. The Bertz CT molecular complexity index is 146. The molecule has 0 spiro atoms. The van der Waals surface area contributed by atoms with Crippen LogP contribution < -0.4 is 5.32 Å². The van der Waals surface area contributed by atoms with Crippen molar-refractivity contribution in [1.82, 2.24) is 5.32 Å². The predicted molar refractivity (Wildman–Crippen MR) is 46.1 cm³/mol. The molecule has 5 N–H and O–H groups in total. The Morgan fingerprint density at radius 3 is 2.00 bits per heavy atom. The van der Waals surface area contributed by atoms with Crippen LogP contribution in [-0.4, -0.2) is 57.4 Å². The second-order valence-electron chi connectivity index (χ2n) is 3.44. The maximum absolute atomic E-state index is 9.47. The highest BCUT2D eigenvalue weighted by atomic mass is 16.4. The van der Waals surface area contributed by atoms with E-state index in [0.717, 1.165) is 0 Å². The van der Waals surface area contributed by atoms with Crippen molar-refractivity contribution in [3.05, 3.63) is 0 Å². The zero-order valence-electron chi connectivity index (χ0n) is 7.59. The van der Waals surface area contributed by atoms with Crippen LogP contribution in [0, 0.1) is 0 Å². The smallest absolute Gasteiger partial charge is 0.109 e. The minimum absolute atomic E-state index is 0.249. The summed E-state index contributed by atoms with van der Waals surface area (Å²) >= 11 is 0. The van der Waals surface area contributed by atoms with E-state index in [-0.39, 0.29) is 12.6 Å². The average molecular weight is 191 g/mol. The lowest BCUT2D eigenvalue weighted by atomic mass is 9.89. The Morgan fingerprint density at radius 1 is 1.00 bits per heavy atom. The molecule has 0 aromatic rings. The highest BCUT2D eigenvalue weighted by Gasteiger charge is 2.40. The fourth-order valence-corrected chi connectivity index (χ4v) is 1.67. The Hall–Kier alpha value is -0.200. The quantitative estimate of drug-likeness (QED) is 0.342. The molecule has 1 rings (SSSR count). The van der Waals surface area contributed by atoms with E-state index in [9.17, 15) is 15.3 Å². The van der Waals surface area contributed by atoms with Gasteiger partial charge in [0.25, 0.3) is 0 Å².